The van der Waals surface area contributed by atoms with Crippen LogP contribution in [0.15, 0.2) is 24.3 Å². The van der Waals surface area contributed by atoms with Gasteiger partial charge in [0.05, 0.1) is 0 Å². The lowest BCUT2D eigenvalue weighted by molar-refractivity contribution is -0.144. The maximum absolute atomic E-state index is 11.9. The van der Waals surface area contributed by atoms with E-state index in [0.29, 0.717) is 25.3 Å². The van der Waals surface area contributed by atoms with E-state index in [2.05, 4.69) is 22.8 Å². The first-order valence-electron chi connectivity index (χ1n) is 7.33. The molecule has 3 N–H and O–H groups in total. The molecule has 1 aliphatic carbocycles. The number of fused-ring (bicyclic) bond motifs is 1. The van der Waals surface area contributed by atoms with Crippen LogP contribution in [-0.4, -0.2) is 29.2 Å². The molecule has 1 aromatic rings. The quantitative estimate of drug-likeness (QED) is 0.752. The van der Waals surface area contributed by atoms with E-state index in [1.54, 1.807) is 0 Å². The molecule has 114 valence electrons. The molecule has 0 aliphatic heterocycles. The van der Waals surface area contributed by atoms with Crippen molar-refractivity contribution in [2.75, 3.05) is 6.54 Å². The highest BCUT2D eigenvalue weighted by molar-refractivity contribution is 5.85. The van der Waals surface area contributed by atoms with Crippen molar-refractivity contribution in [1.82, 2.24) is 10.6 Å². The zero-order valence-corrected chi connectivity index (χ0v) is 12.5. The van der Waals surface area contributed by atoms with Crippen LogP contribution < -0.4 is 10.6 Å². The molecule has 0 saturated carbocycles. The number of hydrogen-bond acceptors (Lipinski definition) is 2. The van der Waals surface area contributed by atoms with E-state index in [-0.39, 0.29) is 0 Å². The maximum atomic E-state index is 11.9. The first-order valence-corrected chi connectivity index (χ1v) is 7.33. The Balaban J connectivity index is 1.84. The number of nitrogens with one attached hydrogen (secondary N) is 2. The van der Waals surface area contributed by atoms with Gasteiger partial charge in [0.25, 0.3) is 0 Å². The highest BCUT2D eigenvalue weighted by atomic mass is 16.4. The van der Waals surface area contributed by atoms with Gasteiger partial charge in [-0.15, -0.1) is 0 Å². The van der Waals surface area contributed by atoms with Crippen LogP contribution in [0.1, 0.15) is 43.7 Å². The van der Waals surface area contributed by atoms with E-state index in [9.17, 15) is 14.7 Å². The lowest BCUT2D eigenvalue weighted by Crippen LogP contribution is -2.55. The van der Waals surface area contributed by atoms with Crippen molar-refractivity contribution in [1.29, 1.82) is 0 Å². The minimum absolute atomic E-state index is 0.328. The van der Waals surface area contributed by atoms with Crippen LogP contribution in [0.25, 0.3) is 0 Å². The van der Waals surface area contributed by atoms with E-state index < -0.39 is 17.5 Å². The fraction of sp³-hybridized carbons (Fsp3) is 0.500. The Morgan fingerprint density at radius 1 is 1.38 bits per heavy atom. The van der Waals surface area contributed by atoms with Gasteiger partial charge in [0.15, 0.2) is 0 Å². The number of carboxylic acid groups (broad SMARTS) is 1. The largest absolute Gasteiger partial charge is 0.480 e. The number of hydrogen-bond donors (Lipinski definition) is 3. The summed E-state index contributed by atoms with van der Waals surface area (Å²) in [4.78, 5) is 23.2. The molecule has 0 fully saturated rings. The molecule has 0 aromatic heterocycles. The molecule has 5 nitrogen and oxygen atoms in total. The Morgan fingerprint density at radius 3 is 2.71 bits per heavy atom. The van der Waals surface area contributed by atoms with E-state index >= 15 is 0 Å². The van der Waals surface area contributed by atoms with Crippen molar-refractivity contribution in [3.8, 4) is 0 Å². The SMILES string of the molecule is CCCC(C)(NC(=O)NCC1Cc2ccccc21)C(=O)O. The zero-order chi connectivity index (χ0) is 15.5. The number of urea groups is 1. The number of amides is 2. The van der Waals surface area contributed by atoms with Gasteiger partial charge in [-0.05, 0) is 30.9 Å². The van der Waals surface area contributed by atoms with Crippen molar-refractivity contribution in [2.24, 2.45) is 0 Å². The molecule has 2 unspecified atom stereocenters. The second kappa shape index (κ2) is 6.16. The molecule has 0 heterocycles. The second-order valence-corrected chi connectivity index (χ2v) is 5.82. The van der Waals surface area contributed by atoms with Crippen molar-refractivity contribution in [2.45, 2.75) is 44.6 Å². The minimum Gasteiger partial charge on any atom is -0.480 e. The Labute approximate surface area is 124 Å². The monoisotopic (exact) mass is 290 g/mol. The molecule has 1 aromatic carbocycles. The number of rotatable bonds is 6. The van der Waals surface area contributed by atoms with E-state index in [1.165, 1.54) is 18.1 Å². The summed E-state index contributed by atoms with van der Waals surface area (Å²) in [7, 11) is 0. The van der Waals surface area contributed by atoms with Crippen molar-refractivity contribution in [3.05, 3.63) is 35.4 Å². The molecule has 0 spiro atoms. The number of carboxylic acids is 1. The number of carbonyl (C=O) groups excluding carboxylic acids is 1. The van der Waals surface area contributed by atoms with E-state index in [1.807, 2.05) is 19.1 Å². The van der Waals surface area contributed by atoms with E-state index in [0.717, 1.165) is 6.42 Å². The Bertz CT molecular complexity index is 544. The molecule has 0 saturated heterocycles. The van der Waals surface area contributed by atoms with Gasteiger partial charge in [0, 0.05) is 12.5 Å². The average molecular weight is 290 g/mol. The number of carbonyl (C=O) groups is 2. The number of benzene rings is 1. The standard InChI is InChI=1S/C16H22N2O3/c1-3-8-16(2,14(19)20)18-15(21)17-10-12-9-11-6-4-5-7-13(11)12/h4-7,12H,3,8-10H2,1-2H3,(H,19,20)(H2,17,18,21). The molecule has 0 bridgehead atoms. The average Bonchev–Trinajstić information content (AvgIpc) is 2.39. The van der Waals surface area contributed by atoms with Crippen LogP contribution in [0.5, 0.6) is 0 Å². The summed E-state index contributed by atoms with van der Waals surface area (Å²) in [6.07, 6.45) is 2.06. The topological polar surface area (TPSA) is 78.4 Å². The molecule has 5 heteroatoms. The van der Waals surface area contributed by atoms with Crippen LogP contribution in [-0.2, 0) is 11.2 Å². The molecule has 1 aliphatic rings. The van der Waals surface area contributed by atoms with Crippen LogP contribution in [0.3, 0.4) is 0 Å². The van der Waals surface area contributed by atoms with Crippen molar-refractivity contribution < 1.29 is 14.7 Å². The van der Waals surface area contributed by atoms with Gasteiger partial charge in [-0.25, -0.2) is 9.59 Å². The lowest BCUT2D eigenvalue weighted by atomic mass is 9.78. The smallest absolute Gasteiger partial charge is 0.329 e. The molecule has 0 radical (unpaired) electrons. The summed E-state index contributed by atoms with van der Waals surface area (Å²) in [6.45, 7) is 3.97. The summed E-state index contributed by atoms with van der Waals surface area (Å²) in [5, 5.41) is 14.6. The van der Waals surface area contributed by atoms with Crippen molar-refractivity contribution in [3.63, 3.8) is 0 Å². The maximum Gasteiger partial charge on any atom is 0.329 e. The summed E-state index contributed by atoms with van der Waals surface area (Å²) in [5.41, 5.74) is 1.38. The summed E-state index contributed by atoms with van der Waals surface area (Å²) >= 11 is 0. The van der Waals surface area contributed by atoms with Crippen LogP contribution >= 0.6 is 0 Å². The predicted molar refractivity (Wildman–Crippen MR) is 80.4 cm³/mol. The second-order valence-electron chi connectivity index (χ2n) is 5.82. The van der Waals surface area contributed by atoms with Crippen LogP contribution in [0, 0.1) is 0 Å². The summed E-state index contributed by atoms with van der Waals surface area (Å²) in [6, 6.07) is 7.75. The Morgan fingerprint density at radius 2 is 2.10 bits per heavy atom. The summed E-state index contributed by atoms with van der Waals surface area (Å²) in [5.74, 6) is -0.678. The van der Waals surface area contributed by atoms with Crippen LogP contribution in [0.4, 0.5) is 4.79 Å². The normalized spacial score (nSPS) is 18.9. The molecular formula is C16H22N2O3. The molecule has 2 amide bonds. The fourth-order valence-corrected chi connectivity index (χ4v) is 2.78. The molecular weight excluding hydrogens is 268 g/mol. The highest BCUT2D eigenvalue weighted by Gasteiger charge is 2.34. The molecule has 2 rings (SSSR count). The molecule has 2 atom stereocenters. The van der Waals surface area contributed by atoms with Gasteiger partial charge in [-0.3, -0.25) is 0 Å². The third-order valence-electron chi connectivity index (χ3n) is 4.08. The highest BCUT2D eigenvalue weighted by Crippen LogP contribution is 2.33. The zero-order valence-electron chi connectivity index (χ0n) is 12.5. The predicted octanol–water partition coefficient (Wildman–Crippen LogP) is 2.27. The first-order chi connectivity index (χ1) is 9.96. The molecule has 21 heavy (non-hydrogen) atoms. The van der Waals surface area contributed by atoms with Gasteiger partial charge in [-0.1, -0.05) is 37.6 Å². The first kappa shape index (κ1) is 15.4. The number of aliphatic carboxylic acids is 1. The van der Waals surface area contributed by atoms with Gasteiger partial charge in [0.1, 0.15) is 5.54 Å². The van der Waals surface area contributed by atoms with E-state index in [4.69, 9.17) is 0 Å². The third kappa shape index (κ3) is 3.35. The Hall–Kier alpha value is -2.04. The van der Waals surface area contributed by atoms with Gasteiger partial charge < -0.3 is 15.7 Å². The minimum atomic E-state index is -1.21. The van der Waals surface area contributed by atoms with Gasteiger partial charge in [0.2, 0.25) is 0 Å². The summed E-state index contributed by atoms with van der Waals surface area (Å²) < 4.78 is 0. The van der Waals surface area contributed by atoms with Gasteiger partial charge in [-0.2, -0.15) is 0 Å². The van der Waals surface area contributed by atoms with Crippen LogP contribution in [0.2, 0.25) is 0 Å². The van der Waals surface area contributed by atoms with Gasteiger partial charge >= 0.3 is 12.0 Å². The fourth-order valence-electron chi connectivity index (χ4n) is 2.78. The lowest BCUT2D eigenvalue weighted by Gasteiger charge is -2.31. The van der Waals surface area contributed by atoms with Crippen molar-refractivity contribution >= 4 is 12.0 Å². The Kier molecular flexibility index (Phi) is 4.50. The third-order valence-corrected chi connectivity index (χ3v) is 4.08.